The van der Waals surface area contributed by atoms with E-state index >= 15 is 0 Å². The lowest BCUT2D eigenvalue weighted by molar-refractivity contribution is 0.428. The van der Waals surface area contributed by atoms with Gasteiger partial charge in [-0.25, -0.2) is 4.39 Å². The third-order valence-electron chi connectivity index (χ3n) is 1.57. The average molecular weight is 234 g/mol. The number of hydrogen-bond acceptors (Lipinski definition) is 2. The molecule has 66 valence electrons. The zero-order valence-electron chi connectivity index (χ0n) is 6.51. The molecule has 0 bridgehead atoms. The van der Waals surface area contributed by atoms with E-state index < -0.39 is 5.82 Å². The van der Waals surface area contributed by atoms with Crippen LogP contribution < -0.4 is 5.73 Å². The first kappa shape index (κ1) is 9.48. The number of phenolic OH excluding ortho intramolecular Hbond substituents is 1. The molecule has 0 aromatic heterocycles. The Labute approximate surface area is 78.3 Å². The molecule has 0 spiro atoms. The van der Waals surface area contributed by atoms with Gasteiger partial charge in [0.25, 0.3) is 0 Å². The molecule has 1 atom stereocenters. The van der Waals surface area contributed by atoms with Crippen LogP contribution in [-0.2, 0) is 0 Å². The Hall–Kier alpha value is -0.610. The molecule has 4 heteroatoms. The average Bonchev–Trinajstić information content (AvgIpc) is 1.99. The molecule has 3 N–H and O–H groups in total. The smallest absolute Gasteiger partial charge is 0.166 e. The second-order valence-corrected chi connectivity index (χ2v) is 3.48. The van der Waals surface area contributed by atoms with Gasteiger partial charge in [0.1, 0.15) is 0 Å². The Kier molecular flexibility index (Phi) is 2.69. The van der Waals surface area contributed by atoms with Crippen molar-refractivity contribution in [2.75, 3.05) is 0 Å². The van der Waals surface area contributed by atoms with Crippen molar-refractivity contribution < 1.29 is 9.50 Å². The van der Waals surface area contributed by atoms with E-state index in [1.165, 1.54) is 6.07 Å². The van der Waals surface area contributed by atoms with E-state index in [1.807, 2.05) is 0 Å². The van der Waals surface area contributed by atoms with Crippen LogP contribution in [0.25, 0.3) is 0 Å². The van der Waals surface area contributed by atoms with Crippen molar-refractivity contribution in [3.63, 3.8) is 0 Å². The van der Waals surface area contributed by atoms with Crippen molar-refractivity contribution in [3.05, 3.63) is 28.0 Å². The van der Waals surface area contributed by atoms with E-state index in [2.05, 4.69) is 15.9 Å². The van der Waals surface area contributed by atoms with Crippen molar-refractivity contribution in [3.8, 4) is 5.75 Å². The van der Waals surface area contributed by atoms with E-state index in [4.69, 9.17) is 10.8 Å². The lowest BCUT2D eigenvalue weighted by Crippen LogP contribution is -2.05. The topological polar surface area (TPSA) is 46.2 Å². The van der Waals surface area contributed by atoms with Crippen LogP contribution in [0.4, 0.5) is 4.39 Å². The molecule has 1 rings (SSSR count). The highest BCUT2D eigenvalue weighted by atomic mass is 79.9. The van der Waals surface area contributed by atoms with Crippen LogP contribution in [-0.4, -0.2) is 5.11 Å². The normalized spacial score (nSPS) is 13.0. The summed E-state index contributed by atoms with van der Waals surface area (Å²) in [4.78, 5) is 0. The molecule has 12 heavy (non-hydrogen) atoms. The van der Waals surface area contributed by atoms with Gasteiger partial charge in [-0.1, -0.05) is 0 Å². The Balaban J connectivity index is 3.21. The van der Waals surface area contributed by atoms with Crippen molar-refractivity contribution in [1.82, 2.24) is 0 Å². The van der Waals surface area contributed by atoms with Gasteiger partial charge in [0.15, 0.2) is 11.6 Å². The fourth-order valence-electron chi connectivity index (χ4n) is 0.848. The molecule has 2 nitrogen and oxygen atoms in total. The maximum atomic E-state index is 12.9. The minimum Gasteiger partial charge on any atom is -0.504 e. The number of halogens is 2. The predicted molar refractivity (Wildman–Crippen MR) is 48.4 cm³/mol. The summed E-state index contributed by atoms with van der Waals surface area (Å²) >= 11 is 3.02. The van der Waals surface area contributed by atoms with Crippen LogP contribution in [0, 0.1) is 5.82 Å². The molecule has 1 aromatic rings. The third kappa shape index (κ3) is 1.76. The van der Waals surface area contributed by atoms with Gasteiger partial charge >= 0.3 is 0 Å². The van der Waals surface area contributed by atoms with Crippen LogP contribution in [0.15, 0.2) is 16.6 Å². The Morgan fingerprint density at radius 2 is 2.17 bits per heavy atom. The Morgan fingerprint density at radius 1 is 1.58 bits per heavy atom. The zero-order valence-corrected chi connectivity index (χ0v) is 8.10. The van der Waals surface area contributed by atoms with Crippen LogP contribution in [0.3, 0.4) is 0 Å². The molecule has 0 saturated heterocycles. The van der Waals surface area contributed by atoms with Crippen LogP contribution in [0.2, 0.25) is 0 Å². The number of nitrogens with two attached hydrogens (primary N) is 1. The molecule has 0 fully saturated rings. The van der Waals surface area contributed by atoms with Gasteiger partial charge in [0.05, 0.1) is 4.47 Å². The van der Waals surface area contributed by atoms with Gasteiger partial charge in [0, 0.05) is 6.04 Å². The predicted octanol–water partition coefficient (Wildman–Crippen LogP) is 2.31. The highest BCUT2D eigenvalue weighted by Gasteiger charge is 2.09. The summed E-state index contributed by atoms with van der Waals surface area (Å²) in [6.07, 6.45) is 0. The second kappa shape index (κ2) is 3.41. The van der Waals surface area contributed by atoms with E-state index in [9.17, 15) is 4.39 Å². The summed E-state index contributed by atoms with van der Waals surface area (Å²) in [6.45, 7) is 1.75. The second-order valence-electron chi connectivity index (χ2n) is 2.62. The Bertz CT molecular complexity index is 278. The Morgan fingerprint density at radius 3 is 2.58 bits per heavy atom. The van der Waals surface area contributed by atoms with E-state index in [0.717, 1.165) is 0 Å². The molecule has 1 unspecified atom stereocenters. The molecular weight excluding hydrogens is 225 g/mol. The highest BCUT2D eigenvalue weighted by Crippen LogP contribution is 2.29. The van der Waals surface area contributed by atoms with Gasteiger partial charge < -0.3 is 10.8 Å². The van der Waals surface area contributed by atoms with Gasteiger partial charge in [-0.05, 0) is 40.5 Å². The number of aromatic hydroxyl groups is 1. The first-order valence-corrected chi connectivity index (χ1v) is 4.25. The molecule has 0 amide bonds. The highest BCUT2D eigenvalue weighted by molar-refractivity contribution is 9.10. The third-order valence-corrected chi connectivity index (χ3v) is 2.17. The molecule has 0 aliphatic carbocycles. The molecular formula is C8H9BrFNO. The first-order chi connectivity index (χ1) is 5.52. The van der Waals surface area contributed by atoms with Crippen LogP contribution >= 0.6 is 15.9 Å². The van der Waals surface area contributed by atoms with E-state index in [0.29, 0.717) is 10.0 Å². The van der Waals surface area contributed by atoms with Gasteiger partial charge in [0.2, 0.25) is 0 Å². The fourth-order valence-corrected chi connectivity index (χ4v) is 1.30. The van der Waals surface area contributed by atoms with Crippen LogP contribution in [0.1, 0.15) is 18.5 Å². The first-order valence-electron chi connectivity index (χ1n) is 3.46. The minimum atomic E-state index is -0.656. The molecule has 0 radical (unpaired) electrons. The minimum absolute atomic E-state index is 0.239. The van der Waals surface area contributed by atoms with Gasteiger partial charge in [-0.15, -0.1) is 0 Å². The zero-order chi connectivity index (χ0) is 9.30. The summed E-state index contributed by atoms with van der Waals surface area (Å²) in [7, 11) is 0. The van der Waals surface area contributed by atoms with Crippen molar-refractivity contribution in [2.24, 2.45) is 5.73 Å². The number of rotatable bonds is 1. The van der Waals surface area contributed by atoms with E-state index in [1.54, 1.807) is 13.0 Å². The lowest BCUT2D eigenvalue weighted by atomic mass is 10.1. The lowest BCUT2D eigenvalue weighted by Gasteiger charge is -2.07. The summed E-state index contributed by atoms with van der Waals surface area (Å²) in [6, 6.07) is 2.59. The van der Waals surface area contributed by atoms with Crippen molar-refractivity contribution in [2.45, 2.75) is 13.0 Å². The van der Waals surface area contributed by atoms with Crippen LogP contribution in [0.5, 0.6) is 5.75 Å². The maximum Gasteiger partial charge on any atom is 0.166 e. The van der Waals surface area contributed by atoms with Crippen molar-refractivity contribution >= 4 is 15.9 Å². The molecule has 0 aliphatic heterocycles. The SMILES string of the molecule is CC(N)c1cc(F)c(O)c(Br)c1. The summed E-state index contributed by atoms with van der Waals surface area (Å²) in [5.74, 6) is -1.03. The molecule has 0 aliphatic rings. The van der Waals surface area contributed by atoms with Gasteiger partial charge in [-0.2, -0.15) is 0 Å². The van der Waals surface area contributed by atoms with Gasteiger partial charge in [-0.3, -0.25) is 0 Å². The number of hydrogen-bond donors (Lipinski definition) is 2. The molecule has 1 aromatic carbocycles. The number of benzene rings is 1. The van der Waals surface area contributed by atoms with E-state index in [-0.39, 0.29) is 11.8 Å². The largest absolute Gasteiger partial charge is 0.504 e. The molecule has 0 saturated carbocycles. The van der Waals surface area contributed by atoms with Crippen molar-refractivity contribution in [1.29, 1.82) is 0 Å². The fraction of sp³-hybridized carbons (Fsp3) is 0.250. The quantitative estimate of drug-likeness (QED) is 0.783. The standard InChI is InChI=1S/C8H9BrFNO/c1-4(11)5-2-6(9)8(12)7(10)3-5/h2-4,12H,11H2,1H3. The maximum absolute atomic E-state index is 12.9. The number of phenols is 1. The summed E-state index contributed by atoms with van der Waals surface area (Å²) in [5, 5.41) is 9.05. The molecule has 0 heterocycles. The monoisotopic (exact) mass is 233 g/mol. The summed E-state index contributed by atoms with van der Waals surface area (Å²) < 4.78 is 13.2. The summed E-state index contributed by atoms with van der Waals surface area (Å²) in [5.41, 5.74) is 6.18.